The van der Waals surface area contributed by atoms with Gasteiger partial charge in [0.25, 0.3) is 5.91 Å². The van der Waals surface area contributed by atoms with Crippen molar-refractivity contribution in [3.8, 4) is 0 Å². The van der Waals surface area contributed by atoms with E-state index in [1.807, 2.05) is 24.3 Å². The van der Waals surface area contributed by atoms with E-state index in [1.165, 1.54) is 19.3 Å². The first kappa shape index (κ1) is 17.7. The number of amides is 2. The van der Waals surface area contributed by atoms with Crippen LogP contribution in [0.15, 0.2) is 33.8 Å². The van der Waals surface area contributed by atoms with Crippen LogP contribution in [0.4, 0.5) is 0 Å². The Morgan fingerprint density at radius 1 is 1.08 bits per heavy atom. The average molecular weight is 418 g/mol. The lowest BCUT2D eigenvalue weighted by atomic mass is 9.49. The second-order valence-corrected chi connectivity index (χ2v) is 9.14. The van der Waals surface area contributed by atoms with Gasteiger partial charge in [-0.2, -0.15) is 5.10 Å². The third-order valence-electron chi connectivity index (χ3n) is 6.20. The van der Waals surface area contributed by atoms with Gasteiger partial charge in [0.05, 0.1) is 12.8 Å². The van der Waals surface area contributed by atoms with E-state index < -0.39 is 0 Å². The molecule has 4 aliphatic rings. The fourth-order valence-corrected chi connectivity index (χ4v) is 5.77. The first-order valence-corrected chi connectivity index (χ1v) is 10.2. The molecule has 4 saturated carbocycles. The zero-order valence-electron chi connectivity index (χ0n) is 14.7. The van der Waals surface area contributed by atoms with Crippen LogP contribution in [0, 0.1) is 23.2 Å². The minimum atomic E-state index is -0.295. The highest BCUT2D eigenvalue weighted by Crippen LogP contribution is 2.60. The summed E-state index contributed by atoms with van der Waals surface area (Å²) in [5, 5.41) is 6.81. The van der Waals surface area contributed by atoms with Crippen LogP contribution >= 0.6 is 15.9 Å². The van der Waals surface area contributed by atoms with Gasteiger partial charge in [-0.1, -0.05) is 28.1 Å². The molecule has 6 heteroatoms. The fraction of sp³-hybridized carbons (Fsp3) is 0.550. The van der Waals surface area contributed by atoms with Crippen LogP contribution < -0.4 is 10.7 Å². The molecular weight excluding hydrogens is 394 g/mol. The number of carbonyl (C=O) groups excluding carboxylic acids is 2. The van der Waals surface area contributed by atoms with Gasteiger partial charge in [-0.3, -0.25) is 9.59 Å². The summed E-state index contributed by atoms with van der Waals surface area (Å²) in [6.07, 6.45) is 8.52. The number of benzene rings is 1. The molecule has 1 aromatic carbocycles. The molecule has 4 fully saturated rings. The van der Waals surface area contributed by atoms with Gasteiger partial charge >= 0.3 is 0 Å². The van der Waals surface area contributed by atoms with Crippen LogP contribution in [0.25, 0.3) is 0 Å². The Balaban J connectivity index is 1.26. The molecule has 26 heavy (non-hydrogen) atoms. The van der Waals surface area contributed by atoms with Gasteiger partial charge in [0.2, 0.25) is 5.91 Å². The summed E-state index contributed by atoms with van der Waals surface area (Å²) >= 11 is 3.37. The summed E-state index contributed by atoms with van der Waals surface area (Å²) in [6, 6.07) is 7.62. The van der Waals surface area contributed by atoms with Crippen LogP contribution in [-0.2, 0) is 9.59 Å². The Morgan fingerprint density at radius 3 is 2.23 bits per heavy atom. The van der Waals surface area contributed by atoms with Gasteiger partial charge in [-0.25, -0.2) is 5.43 Å². The molecule has 4 aliphatic carbocycles. The molecule has 138 valence electrons. The third kappa shape index (κ3) is 3.70. The number of carbonyl (C=O) groups is 2. The van der Waals surface area contributed by atoms with Crippen LogP contribution in [0.1, 0.15) is 44.1 Å². The molecule has 0 saturated heterocycles. The number of nitrogens with zero attached hydrogens (tertiary/aromatic N) is 1. The summed E-state index contributed by atoms with van der Waals surface area (Å²) < 4.78 is 0.992. The topological polar surface area (TPSA) is 70.6 Å². The van der Waals surface area contributed by atoms with Crippen LogP contribution in [0.3, 0.4) is 0 Å². The highest BCUT2D eigenvalue weighted by Gasteiger charge is 2.54. The summed E-state index contributed by atoms with van der Waals surface area (Å²) in [5.41, 5.74) is 3.16. The molecule has 0 spiro atoms. The SMILES string of the molecule is O=C(CNC(=O)C12CC3CC(CC(C3)C1)C2)N/N=C/c1ccc(Br)cc1. The van der Waals surface area contributed by atoms with Crippen molar-refractivity contribution in [1.82, 2.24) is 10.7 Å². The number of hydrogen-bond acceptors (Lipinski definition) is 3. The van der Waals surface area contributed by atoms with Crippen LogP contribution in [-0.4, -0.2) is 24.6 Å². The minimum Gasteiger partial charge on any atom is -0.346 e. The van der Waals surface area contributed by atoms with E-state index in [0.29, 0.717) is 0 Å². The van der Waals surface area contributed by atoms with E-state index in [0.717, 1.165) is 47.1 Å². The standard InChI is InChI=1S/C20H24BrN3O2/c21-17-3-1-13(2-4-17)11-23-24-18(25)12-22-19(26)20-8-14-5-15(9-20)7-16(6-14)10-20/h1-4,11,14-16H,5-10,12H2,(H,22,26)(H,24,25)/b23-11+. The zero-order valence-corrected chi connectivity index (χ0v) is 16.3. The van der Waals surface area contributed by atoms with E-state index in [1.54, 1.807) is 6.21 Å². The maximum Gasteiger partial charge on any atom is 0.259 e. The van der Waals surface area contributed by atoms with Gasteiger partial charge in [0, 0.05) is 9.89 Å². The van der Waals surface area contributed by atoms with Crippen molar-refractivity contribution in [2.45, 2.75) is 38.5 Å². The van der Waals surface area contributed by atoms with Crippen molar-refractivity contribution >= 4 is 34.0 Å². The molecule has 2 amide bonds. The summed E-state index contributed by atoms with van der Waals surface area (Å²) in [7, 11) is 0. The van der Waals surface area contributed by atoms with E-state index in [2.05, 4.69) is 31.8 Å². The first-order valence-electron chi connectivity index (χ1n) is 9.38. The number of hydrazone groups is 1. The summed E-state index contributed by atoms with van der Waals surface area (Å²) in [5.74, 6) is 1.93. The lowest BCUT2D eigenvalue weighted by molar-refractivity contribution is -0.147. The zero-order chi connectivity index (χ0) is 18.1. The monoisotopic (exact) mass is 417 g/mol. The Morgan fingerprint density at radius 2 is 1.65 bits per heavy atom. The first-order chi connectivity index (χ1) is 12.5. The molecule has 4 bridgehead atoms. The molecule has 0 aromatic heterocycles. The largest absolute Gasteiger partial charge is 0.346 e. The van der Waals surface area contributed by atoms with Gasteiger partial charge in [-0.15, -0.1) is 0 Å². The predicted octanol–water partition coefficient (Wildman–Crippen LogP) is 3.23. The number of nitrogens with one attached hydrogen (secondary N) is 2. The number of hydrogen-bond donors (Lipinski definition) is 2. The van der Waals surface area contributed by atoms with Crippen molar-refractivity contribution in [2.24, 2.45) is 28.3 Å². The molecule has 5 rings (SSSR count). The van der Waals surface area contributed by atoms with Gasteiger partial charge in [-0.05, 0) is 74.0 Å². The van der Waals surface area contributed by atoms with Crippen molar-refractivity contribution in [3.05, 3.63) is 34.3 Å². The molecule has 0 unspecified atom stereocenters. The van der Waals surface area contributed by atoms with Crippen molar-refractivity contribution < 1.29 is 9.59 Å². The molecule has 2 N–H and O–H groups in total. The Bertz CT molecular complexity index is 694. The predicted molar refractivity (Wildman–Crippen MR) is 103 cm³/mol. The molecule has 5 nitrogen and oxygen atoms in total. The fourth-order valence-electron chi connectivity index (χ4n) is 5.50. The van der Waals surface area contributed by atoms with Gasteiger partial charge in [0.1, 0.15) is 0 Å². The van der Waals surface area contributed by atoms with E-state index in [-0.39, 0.29) is 23.8 Å². The highest BCUT2D eigenvalue weighted by molar-refractivity contribution is 9.10. The van der Waals surface area contributed by atoms with Crippen molar-refractivity contribution in [3.63, 3.8) is 0 Å². The van der Waals surface area contributed by atoms with Gasteiger partial charge < -0.3 is 5.32 Å². The second kappa shape index (κ2) is 7.14. The summed E-state index contributed by atoms with van der Waals surface area (Å²) in [4.78, 5) is 24.8. The highest BCUT2D eigenvalue weighted by atomic mass is 79.9. The maximum absolute atomic E-state index is 12.8. The minimum absolute atomic E-state index is 0.0156. The van der Waals surface area contributed by atoms with Crippen LogP contribution in [0.2, 0.25) is 0 Å². The van der Waals surface area contributed by atoms with E-state index >= 15 is 0 Å². The van der Waals surface area contributed by atoms with E-state index in [9.17, 15) is 9.59 Å². The normalized spacial score (nSPS) is 32.0. The van der Waals surface area contributed by atoms with Gasteiger partial charge in [0.15, 0.2) is 0 Å². The molecule has 0 atom stereocenters. The maximum atomic E-state index is 12.8. The number of halogens is 1. The van der Waals surface area contributed by atoms with Crippen molar-refractivity contribution in [2.75, 3.05) is 6.54 Å². The summed E-state index contributed by atoms with van der Waals surface area (Å²) in [6.45, 7) is -0.0156. The molecule has 1 aromatic rings. The van der Waals surface area contributed by atoms with E-state index in [4.69, 9.17) is 0 Å². The molecule has 0 radical (unpaired) electrons. The lowest BCUT2D eigenvalue weighted by Gasteiger charge is -2.55. The van der Waals surface area contributed by atoms with Crippen LogP contribution in [0.5, 0.6) is 0 Å². The third-order valence-corrected chi connectivity index (χ3v) is 6.73. The average Bonchev–Trinajstić information content (AvgIpc) is 2.60. The second-order valence-electron chi connectivity index (χ2n) is 8.23. The Labute approximate surface area is 162 Å². The molecule has 0 aliphatic heterocycles. The smallest absolute Gasteiger partial charge is 0.259 e. The molecular formula is C20H24BrN3O2. The molecule has 0 heterocycles. The Hall–Kier alpha value is -1.69. The lowest BCUT2D eigenvalue weighted by Crippen LogP contribution is -2.54. The Kier molecular flexibility index (Phi) is 4.86. The quantitative estimate of drug-likeness (QED) is 0.570. The van der Waals surface area contributed by atoms with Crippen molar-refractivity contribution in [1.29, 1.82) is 0 Å². The number of rotatable bonds is 5.